The van der Waals surface area contributed by atoms with E-state index in [0.717, 1.165) is 35.7 Å². The van der Waals surface area contributed by atoms with Crippen LogP contribution >= 0.6 is 27.3 Å². The van der Waals surface area contributed by atoms with Crippen LogP contribution in [0.3, 0.4) is 0 Å². The molecule has 1 aliphatic carbocycles. The summed E-state index contributed by atoms with van der Waals surface area (Å²) in [5.41, 5.74) is 2.14. The molecule has 0 spiro atoms. The molecule has 1 aliphatic rings. The van der Waals surface area contributed by atoms with E-state index in [9.17, 15) is 9.59 Å². The molecule has 33 heavy (non-hydrogen) atoms. The summed E-state index contributed by atoms with van der Waals surface area (Å²) in [4.78, 5) is 27.2. The Morgan fingerprint density at radius 1 is 1.27 bits per heavy atom. The van der Waals surface area contributed by atoms with Crippen molar-refractivity contribution in [3.8, 4) is 5.75 Å². The van der Waals surface area contributed by atoms with Gasteiger partial charge < -0.3 is 14.8 Å². The third-order valence-corrected chi connectivity index (χ3v) is 7.91. The van der Waals surface area contributed by atoms with Gasteiger partial charge in [-0.2, -0.15) is 0 Å². The SMILES string of the molecule is COC(=O)c1c(NC(=O)c2cc(Br)ccc2OCCC(C)C)sc2c1CCC(C(C)(C)C)C2. The van der Waals surface area contributed by atoms with Crippen LogP contribution in [0.5, 0.6) is 5.75 Å². The Morgan fingerprint density at radius 2 is 2.00 bits per heavy atom. The van der Waals surface area contributed by atoms with Gasteiger partial charge in [0.1, 0.15) is 10.8 Å². The third kappa shape index (κ3) is 6.18. The van der Waals surface area contributed by atoms with E-state index in [1.165, 1.54) is 23.3 Å². The van der Waals surface area contributed by atoms with Crippen molar-refractivity contribution in [2.75, 3.05) is 19.0 Å². The highest BCUT2D eigenvalue weighted by molar-refractivity contribution is 9.10. The molecule has 2 aromatic rings. The van der Waals surface area contributed by atoms with Crippen molar-refractivity contribution in [1.29, 1.82) is 0 Å². The second kappa shape index (κ2) is 10.6. The normalized spacial score (nSPS) is 15.8. The summed E-state index contributed by atoms with van der Waals surface area (Å²) in [5.74, 6) is 0.871. The second-order valence-corrected chi connectivity index (χ2v) is 12.2. The van der Waals surface area contributed by atoms with Crippen molar-refractivity contribution in [2.45, 2.75) is 60.3 Å². The third-order valence-electron chi connectivity index (χ3n) is 6.25. The average molecular weight is 537 g/mol. The van der Waals surface area contributed by atoms with E-state index in [1.54, 1.807) is 12.1 Å². The van der Waals surface area contributed by atoms with Crippen LogP contribution < -0.4 is 10.1 Å². The summed E-state index contributed by atoms with van der Waals surface area (Å²) in [6, 6.07) is 5.41. The number of hydrogen-bond donors (Lipinski definition) is 1. The van der Waals surface area contributed by atoms with Crippen molar-refractivity contribution in [3.05, 3.63) is 44.2 Å². The Kier molecular flexibility index (Phi) is 8.27. The van der Waals surface area contributed by atoms with Crippen LogP contribution in [0.15, 0.2) is 22.7 Å². The summed E-state index contributed by atoms with van der Waals surface area (Å²) < 4.78 is 11.8. The Balaban J connectivity index is 1.91. The lowest BCUT2D eigenvalue weighted by Crippen LogP contribution is -2.26. The molecule has 1 amide bonds. The first-order valence-electron chi connectivity index (χ1n) is 11.5. The van der Waals surface area contributed by atoms with Gasteiger partial charge in [0.15, 0.2) is 0 Å². The van der Waals surface area contributed by atoms with Crippen LogP contribution in [0.1, 0.15) is 78.6 Å². The first kappa shape index (κ1) is 25.8. The Hall–Kier alpha value is -1.86. The van der Waals surface area contributed by atoms with Gasteiger partial charge >= 0.3 is 5.97 Å². The lowest BCUT2D eigenvalue weighted by Gasteiger charge is -2.33. The molecule has 1 atom stereocenters. The van der Waals surface area contributed by atoms with Gasteiger partial charge in [-0.1, -0.05) is 50.5 Å². The highest BCUT2D eigenvalue weighted by Crippen LogP contribution is 2.44. The van der Waals surface area contributed by atoms with Crippen LogP contribution in [0.4, 0.5) is 5.00 Å². The molecular formula is C26H34BrNO4S. The maximum Gasteiger partial charge on any atom is 0.341 e. The molecule has 0 bridgehead atoms. The number of carbonyl (C=O) groups is 2. The lowest BCUT2D eigenvalue weighted by molar-refractivity contribution is 0.0600. The van der Waals surface area contributed by atoms with Crippen molar-refractivity contribution in [1.82, 2.24) is 0 Å². The minimum atomic E-state index is -0.403. The van der Waals surface area contributed by atoms with Crippen molar-refractivity contribution in [3.63, 3.8) is 0 Å². The fraction of sp³-hybridized carbons (Fsp3) is 0.538. The molecule has 0 fully saturated rings. The molecule has 5 nitrogen and oxygen atoms in total. The number of nitrogens with one attached hydrogen (secondary N) is 1. The molecular weight excluding hydrogens is 502 g/mol. The average Bonchev–Trinajstić information content (AvgIpc) is 3.10. The Morgan fingerprint density at radius 3 is 2.64 bits per heavy atom. The van der Waals surface area contributed by atoms with Gasteiger partial charge in [0.25, 0.3) is 5.91 Å². The van der Waals surface area contributed by atoms with Gasteiger partial charge in [0, 0.05) is 9.35 Å². The summed E-state index contributed by atoms with van der Waals surface area (Å²) in [6.45, 7) is 11.6. The Labute approximate surface area is 209 Å². The van der Waals surface area contributed by atoms with Crippen molar-refractivity contribution < 1.29 is 19.1 Å². The number of anilines is 1. The number of methoxy groups -OCH3 is 1. The zero-order valence-corrected chi connectivity index (χ0v) is 22.7. The standard InChI is InChI=1S/C26H34BrNO4S/c1-15(2)11-12-32-20-10-8-17(27)14-19(20)23(29)28-24-22(25(30)31-6)18-9-7-16(26(3,4)5)13-21(18)33-24/h8,10,14-16H,7,9,11-13H2,1-6H3,(H,28,29). The molecule has 1 N–H and O–H groups in total. The van der Waals surface area contributed by atoms with Crippen LogP contribution in [0.25, 0.3) is 0 Å². The summed E-state index contributed by atoms with van der Waals surface area (Å²) in [7, 11) is 1.38. The van der Waals surface area contributed by atoms with Crippen molar-refractivity contribution >= 4 is 44.1 Å². The van der Waals surface area contributed by atoms with Gasteiger partial charge in [0.2, 0.25) is 0 Å². The zero-order chi connectivity index (χ0) is 24.3. The fourth-order valence-electron chi connectivity index (χ4n) is 4.11. The number of benzene rings is 1. The minimum absolute atomic E-state index is 0.190. The molecule has 0 saturated heterocycles. The predicted octanol–water partition coefficient (Wildman–Crippen LogP) is 7.13. The molecule has 1 aromatic heterocycles. The van der Waals surface area contributed by atoms with E-state index in [0.29, 0.717) is 40.3 Å². The lowest BCUT2D eigenvalue weighted by atomic mass is 9.72. The van der Waals surface area contributed by atoms with E-state index in [4.69, 9.17) is 9.47 Å². The van der Waals surface area contributed by atoms with E-state index < -0.39 is 5.97 Å². The summed E-state index contributed by atoms with van der Waals surface area (Å²) in [6.07, 6.45) is 3.64. The molecule has 7 heteroatoms. The second-order valence-electron chi connectivity index (χ2n) is 10.1. The summed E-state index contributed by atoms with van der Waals surface area (Å²) in [5, 5.41) is 3.55. The van der Waals surface area contributed by atoms with Crippen LogP contribution in [-0.4, -0.2) is 25.6 Å². The van der Waals surface area contributed by atoms with Crippen LogP contribution in [-0.2, 0) is 17.6 Å². The fourth-order valence-corrected chi connectivity index (χ4v) is 5.78. The first-order chi connectivity index (χ1) is 15.5. The molecule has 1 unspecified atom stereocenters. The number of ether oxygens (including phenoxy) is 2. The molecule has 180 valence electrons. The number of thiophene rings is 1. The number of carbonyl (C=O) groups excluding carboxylic acids is 2. The zero-order valence-electron chi connectivity index (χ0n) is 20.3. The maximum atomic E-state index is 13.3. The largest absolute Gasteiger partial charge is 0.493 e. The highest BCUT2D eigenvalue weighted by Gasteiger charge is 2.34. The van der Waals surface area contributed by atoms with Crippen molar-refractivity contribution in [2.24, 2.45) is 17.3 Å². The molecule has 1 heterocycles. The monoisotopic (exact) mass is 535 g/mol. The number of amides is 1. The predicted molar refractivity (Wildman–Crippen MR) is 138 cm³/mol. The van der Waals surface area contributed by atoms with Crippen LogP contribution in [0.2, 0.25) is 0 Å². The number of rotatable bonds is 7. The van der Waals surface area contributed by atoms with E-state index in [-0.39, 0.29) is 11.3 Å². The van der Waals surface area contributed by atoms with E-state index in [1.807, 2.05) is 6.07 Å². The number of fused-ring (bicyclic) bond motifs is 1. The molecule has 0 radical (unpaired) electrons. The van der Waals surface area contributed by atoms with Gasteiger partial charge in [0.05, 0.1) is 24.8 Å². The molecule has 0 aliphatic heterocycles. The number of halogens is 1. The van der Waals surface area contributed by atoms with Gasteiger partial charge in [-0.25, -0.2) is 4.79 Å². The molecule has 1 aromatic carbocycles. The molecule has 0 saturated carbocycles. The maximum absolute atomic E-state index is 13.3. The quantitative estimate of drug-likeness (QED) is 0.383. The molecule has 3 rings (SSSR count). The smallest absolute Gasteiger partial charge is 0.341 e. The van der Waals surface area contributed by atoms with E-state index in [2.05, 4.69) is 55.9 Å². The van der Waals surface area contributed by atoms with Gasteiger partial charge in [-0.15, -0.1) is 11.3 Å². The number of esters is 1. The summed E-state index contributed by atoms with van der Waals surface area (Å²) >= 11 is 4.95. The highest BCUT2D eigenvalue weighted by atomic mass is 79.9. The van der Waals surface area contributed by atoms with Gasteiger partial charge in [-0.05, 0) is 66.7 Å². The van der Waals surface area contributed by atoms with Gasteiger partial charge in [-0.3, -0.25) is 4.79 Å². The Bertz CT molecular complexity index is 1020. The number of hydrogen-bond acceptors (Lipinski definition) is 5. The van der Waals surface area contributed by atoms with E-state index >= 15 is 0 Å². The minimum Gasteiger partial charge on any atom is -0.493 e. The van der Waals surface area contributed by atoms with Crippen LogP contribution in [0, 0.1) is 17.3 Å². The first-order valence-corrected chi connectivity index (χ1v) is 13.1. The topological polar surface area (TPSA) is 64.6 Å².